The van der Waals surface area contributed by atoms with Crippen LogP contribution < -0.4 is 19.5 Å². The molecule has 36 heavy (non-hydrogen) atoms. The maximum Gasteiger partial charge on any atom is 0.263 e. The van der Waals surface area contributed by atoms with Crippen LogP contribution in [0.3, 0.4) is 0 Å². The van der Waals surface area contributed by atoms with E-state index in [0.717, 1.165) is 11.6 Å². The molecule has 1 amide bonds. The number of benzene rings is 3. The van der Waals surface area contributed by atoms with Crippen molar-refractivity contribution in [1.29, 1.82) is 0 Å². The number of anilines is 2. The van der Waals surface area contributed by atoms with Crippen molar-refractivity contribution in [1.82, 2.24) is 4.72 Å². The van der Waals surface area contributed by atoms with Gasteiger partial charge in [0.15, 0.2) is 0 Å². The number of sulfonamides is 2. The molecule has 0 unspecified atom stereocenters. The van der Waals surface area contributed by atoms with Crippen LogP contribution in [0.15, 0.2) is 70.5 Å². The summed E-state index contributed by atoms with van der Waals surface area (Å²) in [7, 11) is -6.57. The van der Waals surface area contributed by atoms with Gasteiger partial charge in [-0.1, -0.05) is 29.3 Å². The zero-order valence-corrected chi connectivity index (χ0v) is 22.4. The number of hydrogen-bond acceptors (Lipinski definition) is 6. The Morgan fingerprint density at radius 2 is 1.58 bits per heavy atom. The lowest BCUT2D eigenvalue weighted by atomic mass is 10.2. The lowest BCUT2D eigenvalue weighted by Crippen LogP contribution is -2.30. The maximum atomic E-state index is 13.0. The van der Waals surface area contributed by atoms with E-state index in [9.17, 15) is 21.6 Å². The van der Waals surface area contributed by atoms with Gasteiger partial charge in [-0.2, -0.15) is 0 Å². The van der Waals surface area contributed by atoms with E-state index in [-0.39, 0.29) is 37.9 Å². The normalized spacial score (nSPS) is 11.8. The van der Waals surface area contributed by atoms with Crippen molar-refractivity contribution in [3.63, 3.8) is 0 Å². The molecule has 192 valence electrons. The Kier molecular flexibility index (Phi) is 8.29. The number of amides is 1. The van der Waals surface area contributed by atoms with Crippen LogP contribution in [0.4, 0.5) is 11.4 Å². The van der Waals surface area contributed by atoms with Crippen LogP contribution in [0, 0.1) is 6.92 Å². The quantitative estimate of drug-likeness (QED) is 0.361. The summed E-state index contributed by atoms with van der Waals surface area (Å²) in [5, 5.41) is 2.51. The zero-order chi connectivity index (χ0) is 26.7. The minimum absolute atomic E-state index is 0.0145. The molecule has 0 fully saturated rings. The molecule has 0 radical (unpaired) electrons. The molecule has 0 atom stereocenters. The molecule has 3 N–H and O–H groups in total. The van der Waals surface area contributed by atoms with Gasteiger partial charge in [-0.05, 0) is 69.3 Å². The second-order valence-corrected chi connectivity index (χ2v) is 12.0. The Bertz CT molecular complexity index is 1490. The third kappa shape index (κ3) is 6.55. The zero-order valence-electron chi connectivity index (χ0n) is 20.0. The van der Waals surface area contributed by atoms with Crippen molar-refractivity contribution in [3.8, 4) is 5.75 Å². The standard InChI is InChI=1S/C24H26ClN3O6S2/c1-15(2)27-35(30,31)19-10-12-22(34-4)21(14-19)26-24(29)17-7-11-20(25)23(13-17)36(32,33)28-18-8-5-16(3)6-9-18/h5-15,27-28H,1-4H3,(H,26,29). The van der Waals surface area contributed by atoms with Crippen LogP contribution in [0.25, 0.3) is 0 Å². The van der Waals surface area contributed by atoms with Gasteiger partial charge in [0.1, 0.15) is 10.6 Å². The SMILES string of the molecule is COc1ccc(S(=O)(=O)NC(C)C)cc1NC(=O)c1ccc(Cl)c(S(=O)(=O)Nc2ccc(C)cc2)c1. The molecule has 0 heterocycles. The Morgan fingerprint density at radius 1 is 0.917 bits per heavy atom. The number of nitrogens with one attached hydrogen (secondary N) is 3. The summed E-state index contributed by atoms with van der Waals surface area (Å²) in [6.45, 7) is 5.24. The fourth-order valence-electron chi connectivity index (χ4n) is 3.21. The first-order valence-corrected chi connectivity index (χ1v) is 14.1. The molecule has 0 bridgehead atoms. The van der Waals surface area contributed by atoms with Crippen LogP contribution >= 0.6 is 11.6 Å². The molecular formula is C24H26ClN3O6S2. The van der Waals surface area contributed by atoms with Crippen LogP contribution in [0.1, 0.15) is 29.8 Å². The summed E-state index contributed by atoms with van der Waals surface area (Å²) >= 11 is 6.15. The van der Waals surface area contributed by atoms with Gasteiger partial charge < -0.3 is 10.1 Å². The van der Waals surface area contributed by atoms with Gasteiger partial charge in [-0.15, -0.1) is 0 Å². The second kappa shape index (κ2) is 10.9. The molecule has 0 aromatic heterocycles. The predicted octanol–water partition coefficient (Wildman–Crippen LogP) is 4.40. The Labute approximate surface area is 215 Å². The molecule has 0 aliphatic heterocycles. The van der Waals surface area contributed by atoms with E-state index in [1.54, 1.807) is 38.1 Å². The Morgan fingerprint density at radius 3 is 2.19 bits per heavy atom. The molecule has 3 aromatic carbocycles. The highest BCUT2D eigenvalue weighted by atomic mass is 35.5. The predicted molar refractivity (Wildman–Crippen MR) is 140 cm³/mol. The van der Waals surface area contributed by atoms with E-state index in [0.29, 0.717) is 5.69 Å². The van der Waals surface area contributed by atoms with Gasteiger partial charge in [0.25, 0.3) is 15.9 Å². The van der Waals surface area contributed by atoms with Gasteiger partial charge in [-0.25, -0.2) is 21.6 Å². The molecule has 9 nitrogen and oxygen atoms in total. The largest absolute Gasteiger partial charge is 0.495 e. The monoisotopic (exact) mass is 551 g/mol. The van der Waals surface area contributed by atoms with E-state index >= 15 is 0 Å². The third-order valence-corrected chi connectivity index (χ3v) is 8.43. The topological polar surface area (TPSA) is 131 Å². The van der Waals surface area contributed by atoms with E-state index in [1.165, 1.54) is 37.4 Å². The highest BCUT2D eigenvalue weighted by Gasteiger charge is 2.22. The molecule has 3 rings (SSSR count). The lowest BCUT2D eigenvalue weighted by molar-refractivity contribution is 0.102. The van der Waals surface area contributed by atoms with Gasteiger partial charge in [0, 0.05) is 17.3 Å². The average Bonchev–Trinajstić information content (AvgIpc) is 2.79. The highest BCUT2D eigenvalue weighted by Crippen LogP contribution is 2.30. The first-order valence-electron chi connectivity index (χ1n) is 10.7. The first-order chi connectivity index (χ1) is 16.8. The number of carbonyl (C=O) groups excluding carboxylic acids is 1. The fraction of sp³-hybridized carbons (Fsp3) is 0.208. The molecule has 0 aliphatic rings. The van der Waals surface area contributed by atoms with Crippen LogP contribution in [0.5, 0.6) is 5.75 Å². The third-order valence-electron chi connectivity index (χ3n) is 4.91. The van der Waals surface area contributed by atoms with E-state index in [4.69, 9.17) is 16.3 Å². The molecule has 3 aromatic rings. The second-order valence-electron chi connectivity index (χ2n) is 8.21. The van der Waals surface area contributed by atoms with E-state index in [1.807, 2.05) is 6.92 Å². The van der Waals surface area contributed by atoms with Crippen LogP contribution in [-0.2, 0) is 20.0 Å². The van der Waals surface area contributed by atoms with Crippen LogP contribution in [0.2, 0.25) is 5.02 Å². The Balaban J connectivity index is 1.92. The van der Waals surface area contributed by atoms with Crippen molar-refractivity contribution in [3.05, 3.63) is 76.8 Å². The number of carbonyl (C=O) groups is 1. The molecular weight excluding hydrogens is 526 g/mol. The summed E-state index contributed by atoms with van der Waals surface area (Å²) < 4.78 is 61.2. The minimum Gasteiger partial charge on any atom is -0.495 e. The average molecular weight is 552 g/mol. The summed E-state index contributed by atoms with van der Waals surface area (Å²) in [6, 6.07) is 14.2. The molecule has 0 saturated carbocycles. The molecule has 0 saturated heterocycles. The minimum atomic E-state index is -4.11. The highest BCUT2D eigenvalue weighted by molar-refractivity contribution is 7.92. The number of halogens is 1. The first kappa shape index (κ1) is 27.5. The van der Waals surface area contributed by atoms with Gasteiger partial charge >= 0.3 is 0 Å². The smallest absolute Gasteiger partial charge is 0.263 e. The van der Waals surface area contributed by atoms with E-state index in [2.05, 4.69) is 14.8 Å². The lowest BCUT2D eigenvalue weighted by Gasteiger charge is -2.15. The molecule has 0 spiro atoms. The summed E-state index contributed by atoms with van der Waals surface area (Å²) in [5.41, 5.74) is 1.37. The number of methoxy groups -OCH3 is 1. The number of rotatable bonds is 9. The van der Waals surface area contributed by atoms with Crippen molar-refractivity contribution in [2.24, 2.45) is 0 Å². The van der Waals surface area contributed by atoms with Gasteiger partial charge in [-0.3, -0.25) is 9.52 Å². The summed E-state index contributed by atoms with van der Waals surface area (Å²) in [6.07, 6.45) is 0. The van der Waals surface area contributed by atoms with Gasteiger partial charge in [0.2, 0.25) is 10.0 Å². The van der Waals surface area contributed by atoms with Crippen molar-refractivity contribution >= 4 is 48.9 Å². The van der Waals surface area contributed by atoms with Crippen molar-refractivity contribution < 1.29 is 26.4 Å². The van der Waals surface area contributed by atoms with Crippen LogP contribution in [-0.4, -0.2) is 35.9 Å². The maximum absolute atomic E-state index is 13.0. The number of hydrogen-bond donors (Lipinski definition) is 3. The summed E-state index contributed by atoms with van der Waals surface area (Å²) in [5.74, 6) is -0.474. The molecule has 0 aliphatic carbocycles. The van der Waals surface area contributed by atoms with Crippen molar-refractivity contribution in [2.45, 2.75) is 36.6 Å². The Hall–Kier alpha value is -3.12. The summed E-state index contributed by atoms with van der Waals surface area (Å²) in [4.78, 5) is 12.7. The number of aryl methyl sites for hydroxylation is 1. The van der Waals surface area contributed by atoms with E-state index < -0.39 is 26.0 Å². The number of ether oxygens (including phenoxy) is 1. The van der Waals surface area contributed by atoms with Gasteiger partial charge in [0.05, 0.1) is 22.7 Å². The fourth-order valence-corrected chi connectivity index (χ4v) is 6.07. The van der Waals surface area contributed by atoms with Crippen molar-refractivity contribution in [2.75, 3.05) is 17.1 Å². The molecule has 12 heteroatoms.